The van der Waals surface area contributed by atoms with E-state index in [1.54, 1.807) is 23.5 Å². The van der Waals surface area contributed by atoms with Gasteiger partial charge in [0, 0.05) is 20.8 Å². The van der Waals surface area contributed by atoms with Crippen LogP contribution in [0.25, 0.3) is 0 Å². The summed E-state index contributed by atoms with van der Waals surface area (Å²) >= 11 is 4.81. The maximum absolute atomic E-state index is 12.1. The maximum Gasteiger partial charge on any atom is 0.242 e. The van der Waals surface area contributed by atoms with Gasteiger partial charge in [-0.2, -0.15) is 0 Å². The summed E-state index contributed by atoms with van der Waals surface area (Å²) in [6, 6.07) is 8.58. The fraction of sp³-hybridized carbons (Fsp3) is 0.167. The maximum atomic E-state index is 12.1. The summed E-state index contributed by atoms with van der Waals surface area (Å²) in [6.07, 6.45) is 0. The Balaban J connectivity index is 2.18. The topological polar surface area (TPSA) is 72.2 Å². The average Bonchev–Trinajstić information content (AvgIpc) is 2.72. The van der Waals surface area contributed by atoms with E-state index in [1.165, 1.54) is 6.07 Å². The van der Waals surface area contributed by atoms with Crippen molar-refractivity contribution in [1.29, 1.82) is 0 Å². The largest absolute Gasteiger partial charge is 0.398 e. The molecule has 0 aliphatic carbocycles. The van der Waals surface area contributed by atoms with Crippen molar-refractivity contribution in [2.75, 3.05) is 5.73 Å². The van der Waals surface area contributed by atoms with E-state index in [2.05, 4.69) is 20.7 Å². The van der Waals surface area contributed by atoms with E-state index < -0.39 is 10.0 Å². The van der Waals surface area contributed by atoms with Crippen LogP contribution in [-0.2, 0) is 16.6 Å². The summed E-state index contributed by atoms with van der Waals surface area (Å²) < 4.78 is 27.6. The number of sulfonamides is 1. The van der Waals surface area contributed by atoms with Crippen molar-refractivity contribution >= 4 is 43.0 Å². The van der Waals surface area contributed by atoms with Crippen LogP contribution in [0.15, 0.2) is 39.7 Å². The van der Waals surface area contributed by atoms with Crippen LogP contribution < -0.4 is 10.5 Å². The van der Waals surface area contributed by atoms with E-state index in [-0.39, 0.29) is 17.1 Å². The molecule has 7 heteroatoms. The molecule has 0 atom stereocenters. The molecule has 0 radical (unpaired) electrons. The van der Waals surface area contributed by atoms with Gasteiger partial charge in [-0.05, 0) is 37.3 Å². The Hall–Kier alpha value is -0.890. The second kappa shape index (κ2) is 5.62. The zero-order valence-electron chi connectivity index (χ0n) is 10.2. The van der Waals surface area contributed by atoms with Crippen molar-refractivity contribution in [1.82, 2.24) is 4.72 Å². The van der Waals surface area contributed by atoms with E-state index in [4.69, 9.17) is 5.73 Å². The van der Waals surface area contributed by atoms with Crippen LogP contribution in [0, 0.1) is 6.92 Å². The summed E-state index contributed by atoms with van der Waals surface area (Å²) in [5.74, 6) is 0. The molecule has 0 aliphatic heterocycles. The number of nitrogens with two attached hydrogens (primary N) is 1. The van der Waals surface area contributed by atoms with Crippen LogP contribution in [0.5, 0.6) is 0 Å². The Morgan fingerprint density at radius 3 is 2.63 bits per heavy atom. The number of halogens is 1. The molecule has 0 fully saturated rings. The fourth-order valence-electron chi connectivity index (χ4n) is 1.59. The first-order chi connectivity index (χ1) is 8.88. The van der Waals surface area contributed by atoms with Crippen molar-refractivity contribution in [2.45, 2.75) is 18.4 Å². The highest BCUT2D eigenvalue weighted by atomic mass is 79.9. The van der Waals surface area contributed by atoms with Gasteiger partial charge in [-0.3, -0.25) is 0 Å². The molecule has 0 unspecified atom stereocenters. The number of thiophene rings is 1. The lowest BCUT2D eigenvalue weighted by atomic mass is 10.3. The third kappa shape index (κ3) is 3.56. The zero-order chi connectivity index (χ0) is 14.0. The van der Waals surface area contributed by atoms with Gasteiger partial charge >= 0.3 is 0 Å². The van der Waals surface area contributed by atoms with Crippen molar-refractivity contribution in [3.05, 3.63) is 44.6 Å². The number of hydrogen-bond acceptors (Lipinski definition) is 4. The van der Waals surface area contributed by atoms with Crippen LogP contribution in [0.4, 0.5) is 5.69 Å². The number of benzene rings is 1. The number of nitrogen functional groups attached to an aromatic ring is 1. The smallest absolute Gasteiger partial charge is 0.242 e. The first-order valence-electron chi connectivity index (χ1n) is 5.48. The molecule has 0 aliphatic rings. The van der Waals surface area contributed by atoms with E-state index in [0.29, 0.717) is 0 Å². The monoisotopic (exact) mass is 360 g/mol. The zero-order valence-corrected chi connectivity index (χ0v) is 13.4. The second-order valence-electron chi connectivity index (χ2n) is 4.02. The molecule has 0 saturated carbocycles. The summed E-state index contributed by atoms with van der Waals surface area (Å²) in [6.45, 7) is 2.26. The minimum absolute atomic E-state index is 0.101. The Bertz CT molecular complexity index is 696. The highest BCUT2D eigenvalue weighted by molar-refractivity contribution is 9.10. The number of nitrogens with one attached hydrogen (secondary N) is 1. The SMILES string of the molecule is Cc1ccc(CNS(=O)(=O)c2ccc(Br)cc2N)s1. The molecule has 1 heterocycles. The van der Waals surface area contributed by atoms with Crippen LogP contribution in [-0.4, -0.2) is 8.42 Å². The van der Waals surface area contributed by atoms with Gasteiger partial charge in [-0.15, -0.1) is 11.3 Å². The van der Waals surface area contributed by atoms with E-state index in [1.807, 2.05) is 19.1 Å². The molecule has 19 heavy (non-hydrogen) atoms. The molecule has 3 N–H and O–H groups in total. The van der Waals surface area contributed by atoms with Gasteiger partial charge in [0.1, 0.15) is 4.90 Å². The van der Waals surface area contributed by atoms with E-state index in [9.17, 15) is 8.42 Å². The van der Waals surface area contributed by atoms with Gasteiger partial charge in [-0.25, -0.2) is 13.1 Å². The first-order valence-corrected chi connectivity index (χ1v) is 8.58. The Morgan fingerprint density at radius 1 is 1.32 bits per heavy atom. The molecule has 0 bridgehead atoms. The molecule has 2 aromatic rings. The second-order valence-corrected chi connectivity index (χ2v) is 8.04. The van der Waals surface area contributed by atoms with Crippen molar-refractivity contribution in [2.24, 2.45) is 0 Å². The molecule has 0 amide bonds. The average molecular weight is 361 g/mol. The predicted molar refractivity (Wildman–Crippen MR) is 81.6 cm³/mol. The van der Waals surface area contributed by atoms with Gasteiger partial charge in [0.2, 0.25) is 10.0 Å². The standard InChI is InChI=1S/C12H13BrN2O2S2/c1-8-2-4-10(18-8)7-15-19(16,17)12-5-3-9(13)6-11(12)14/h2-6,15H,7,14H2,1H3. The van der Waals surface area contributed by atoms with Gasteiger partial charge < -0.3 is 5.73 Å². The fourth-order valence-corrected chi connectivity index (χ4v) is 4.01. The predicted octanol–water partition coefficient (Wildman–Crippen LogP) is 2.88. The summed E-state index contributed by atoms with van der Waals surface area (Å²) in [4.78, 5) is 2.22. The van der Waals surface area contributed by atoms with Gasteiger partial charge in [-0.1, -0.05) is 15.9 Å². The molecular weight excluding hydrogens is 348 g/mol. The van der Waals surface area contributed by atoms with Crippen LogP contribution in [0.1, 0.15) is 9.75 Å². The highest BCUT2D eigenvalue weighted by Gasteiger charge is 2.17. The lowest BCUT2D eigenvalue weighted by Crippen LogP contribution is -2.23. The number of aryl methyl sites for hydroxylation is 1. The van der Waals surface area contributed by atoms with Crippen LogP contribution in [0.2, 0.25) is 0 Å². The van der Waals surface area contributed by atoms with Crippen molar-refractivity contribution < 1.29 is 8.42 Å². The summed E-state index contributed by atoms with van der Waals surface area (Å²) in [5, 5.41) is 0. The van der Waals surface area contributed by atoms with Gasteiger partial charge in [0.15, 0.2) is 0 Å². The Kier molecular flexibility index (Phi) is 4.29. The third-order valence-electron chi connectivity index (χ3n) is 2.49. The molecule has 1 aromatic carbocycles. The Labute approximate surface area is 124 Å². The quantitative estimate of drug-likeness (QED) is 0.823. The molecule has 2 rings (SSSR count). The van der Waals surface area contributed by atoms with E-state index >= 15 is 0 Å². The molecule has 0 saturated heterocycles. The van der Waals surface area contributed by atoms with Crippen LogP contribution >= 0.6 is 27.3 Å². The van der Waals surface area contributed by atoms with Gasteiger partial charge in [0.05, 0.1) is 5.69 Å². The molecule has 1 aromatic heterocycles. The van der Waals surface area contributed by atoms with Crippen LogP contribution in [0.3, 0.4) is 0 Å². The van der Waals surface area contributed by atoms with Crippen molar-refractivity contribution in [3.63, 3.8) is 0 Å². The molecule has 0 spiro atoms. The van der Waals surface area contributed by atoms with Gasteiger partial charge in [0.25, 0.3) is 0 Å². The highest BCUT2D eigenvalue weighted by Crippen LogP contribution is 2.23. The lowest BCUT2D eigenvalue weighted by molar-refractivity contribution is 0.582. The number of hydrogen-bond donors (Lipinski definition) is 2. The normalized spacial score (nSPS) is 11.7. The first kappa shape index (κ1) is 14.5. The van der Waals surface area contributed by atoms with Crippen molar-refractivity contribution in [3.8, 4) is 0 Å². The minimum Gasteiger partial charge on any atom is -0.398 e. The summed E-state index contributed by atoms with van der Waals surface area (Å²) in [7, 11) is -3.59. The summed E-state index contributed by atoms with van der Waals surface area (Å²) in [5.41, 5.74) is 5.96. The Morgan fingerprint density at radius 2 is 2.05 bits per heavy atom. The molecular formula is C12H13BrN2O2S2. The van der Waals surface area contributed by atoms with E-state index in [0.717, 1.165) is 14.2 Å². The minimum atomic E-state index is -3.59. The lowest BCUT2D eigenvalue weighted by Gasteiger charge is -2.08. The number of anilines is 1. The number of rotatable bonds is 4. The molecule has 4 nitrogen and oxygen atoms in total. The third-order valence-corrected chi connectivity index (χ3v) is 5.46. The molecule has 102 valence electrons.